The summed E-state index contributed by atoms with van der Waals surface area (Å²) in [7, 11) is 0. The van der Waals surface area contributed by atoms with Gasteiger partial charge in [-0.05, 0) is 24.6 Å². The summed E-state index contributed by atoms with van der Waals surface area (Å²) in [6.07, 6.45) is 2.23. The van der Waals surface area contributed by atoms with Gasteiger partial charge < -0.3 is 15.8 Å². The van der Waals surface area contributed by atoms with Crippen LogP contribution >= 0.6 is 0 Å². The lowest BCUT2D eigenvalue weighted by Crippen LogP contribution is -2.51. The molecule has 6 nitrogen and oxygen atoms in total. The second-order valence-corrected chi connectivity index (χ2v) is 4.96. The van der Waals surface area contributed by atoms with Gasteiger partial charge in [0.2, 0.25) is 5.91 Å². The van der Waals surface area contributed by atoms with Crippen molar-refractivity contribution in [3.63, 3.8) is 0 Å². The number of benzene rings is 1. The normalized spacial score (nSPS) is 21.9. The van der Waals surface area contributed by atoms with Crippen LogP contribution in [0.5, 0.6) is 0 Å². The van der Waals surface area contributed by atoms with Gasteiger partial charge in [0.1, 0.15) is 5.54 Å². The number of hydrogen-bond donors (Lipinski definition) is 3. The molecule has 2 heterocycles. The van der Waals surface area contributed by atoms with E-state index in [-0.39, 0.29) is 12.5 Å². The van der Waals surface area contributed by atoms with E-state index in [1.165, 1.54) is 0 Å². The van der Waals surface area contributed by atoms with Crippen LogP contribution in [0.3, 0.4) is 0 Å². The van der Waals surface area contributed by atoms with Crippen molar-refractivity contribution in [2.24, 2.45) is 5.73 Å². The van der Waals surface area contributed by atoms with Gasteiger partial charge in [0.25, 0.3) is 0 Å². The lowest BCUT2D eigenvalue weighted by Gasteiger charge is -2.20. The Morgan fingerprint density at radius 2 is 2.35 bits per heavy atom. The van der Waals surface area contributed by atoms with E-state index in [4.69, 9.17) is 10.5 Å². The number of hydrogen-bond acceptors (Lipinski definition) is 4. The molecule has 1 aliphatic heterocycles. The van der Waals surface area contributed by atoms with Gasteiger partial charge in [-0.2, -0.15) is 5.10 Å². The van der Waals surface area contributed by atoms with Crippen LogP contribution in [-0.4, -0.2) is 34.9 Å². The van der Waals surface area contributed by atoms with Crippen LogP contribution in [0.2, 0.25) is 0 Å². The number of nitrogens with two attached hydrogens (primary N) is 1. The highest BCUT2D eigenvalue weighted by atomic mass is 16.5. The minimum atomic E-state index is -0.927. The highest BCUT2D eigenvalue weighted by Crippen LogP contribution is 2.22. The summed E-state index contributed by atoms with van der Waals surface area (Å²) in [4.78, 5) is 12.2. The minimum Gasteiger partial charge on any atom is -0.379 e. The molecule has 1 aromatic heterocycles. The van der Waals surface area contributed by atoms with Gasteiger partial charge in [-0.25, -0.2) is 0 Å². The topological polar surface area (TPSA) is 93.0 Å². The fourth-order valence-corrected chi connectivity index (χ4v) is 2.20. The summed E-state index contributed by atoms with van der Waals surface area (Å²) in [5.74, 6) is -0.211. The molecular weight excluding hydrogens is 256 g/mol. The summed E-state index contributed by atoms with van der Waals surface area (Å²) < 4.78 is 5.20. The fraction of sp³-hybridized carbons (Fsp3) is 0.286. The Bertz CT molecular complexity index is 603. The van der Waals surface area contributed by atoms with Gasteiger partial charge in [-0.3, -0.25) is 9.89 Å². The molecule has 3 rings (SSSR count). The molecule has 6 heteroatoms. The number of carbonyl (C=O) groups excluding carboxylic acids is 1. The van der Waals surface area contributed by atoms with Crippen molar-refractivity contribution in [3.8, 4) is 11.3 Å². The average molecular weight is 272 g/mol. The van der Waals surface area contributed by atoms with E-state index in [1.807, 2.05) is 30.3 Å². The number of nitrogens with zero attached hydrogens (tertiary/aromatic N) is 1. The molecule has 1 unspecified atom stereocenters. The molecular formula is C14H16N4O2. The Morgan fingerprint density at radius 1 is 1.45 bits per heavy atom. The Morgan fingerprint density at radius 3 is 3.05 bits per heavy atom. The van der Waals surface area contributed by atoms with Crippen LogP contribution in [0, 0.1) is 0 Å². The Labute approximate surface area is 116 Å². The average Bonchev–Trinajstić information content (AvgIpc) is 3.11. The van der Waals surface area contributed by atoms with Crippen LogP contribution in [0.15, 0.2) is 36.5 Å². The van der Waals surface area contributed by atoms with Gasteiger partial charge in [0.15, 0.2) is 0 Å². The highest BCUT2D eigenvalue weighted by Gasteiger charge is 2.38. The quantitative estimate of drug-likeness (QED) is 0.781. The maximum absolute atomic E-state index is 12.2. The van der Waals surface area contributed by atoms with Crippen molar-refractivity contribution < 1.29 is 9.53 Å². The molecule has 0 saturated carbocycles. The third-order valence-electron chi connectivity index (χ3n) is 3.44. The van der Waals surface area contributed by atoms with E-state index in [2.05, 4.69) is 15.5 Å². The molecule has 0 bridgehead atoms. The fourth-order valence-electron chi connectivity index (χ4n) is 2.20. The maximum atomic E-state index is 12.2. The molecule has 104 valence electrons. The van der Waals surface area contributed by atoms with Crippen LogP contribution in [-0.2, 0) is 9.53 Å². The second-order valence-electron chi connectivity index (χ2n) is 4.96. The van der Waals surface area contributed by atoms with Crippen LogP contribution in [0.25, 0.3) is 11.3 Å². The molecule has 2 aromatic rings. The van der Waals surface area contributed by atoms with Gasteiger partial charge in [0, 0.05) is 24.1 Å². The Kier molecular flexibility index (Phi) is 3.25. The molecule has 0 radical (unpaired) electrons. The molecule has 1 fully saturated rings. The molecule has 20 heavy (non-hydrogen) atoms. The predicted octanol–water partition coefficient (Wildman–Crippen LogP) is 1.13. The Balaban J connectivity index is 1.78. The van der Waals surface area contributed by atoms with Crippen molar-refractivity contribution >= 4 is 11.6 Å². The SMILES string of the molecule is NC1(C(=O)Nc2cccc(-c3ccn[nH]3)c2)CCOC1. The van der Waals surface area contributed by atoms with E-state index in [1.54, 1.807) is 6.20 Å². The molecule has 1 aliphatic rings. The molecule has 1 amide bonds. The van der Waals surface area contributed by atoms with E-state index >= 15 is 0 Å². The monoisotopic (exact) mass is 272 g/mol. The zero-order chi connectivity index (χ0) is 14.0. The zero-order valence-electron chi connectivity index (χ0n) is 10.9. The molecule has 1 aromatic carbocycles. The first-order valence-corrected chi connectivity index (χ1v) is 6.45. The van der Waals surface area contributed by atoms with Crippen molar-refractivity contribution in [1.82, 2.24) is 10.2 Å². The molecule has 1 atom stereocenters. The number of amides is 1. The number of aromatic nitrogens is 2. The first kappa shape index (κ1) is 12.8. The number of H-pyrrole nitrogens is 1. The van der Waals surface area contributed by atoms with Gasteiger partial charge in [-0.15, -0.1) is 0 Å². The molecule has 0 aliphatic carbocycles. The van der Waals surface area contributed by atoms with Crippen LogP contribution in [0.4, 0.5) is 5.69 Å². The molecule has 0 spiro atoms. The summed E-state index contributed by atoms with van der Waals surface area (Å²) in [5, 5.41) is 9.65. The summed E-state index contributed by atoms with van der Waals surface area (Å²) in [6, 6.07) is 9.40. The van der Waals surface area contributed by atoms with Gasteiger partial charge in [0.05, 0.1) is 12.3 Å². The molecule has 1 saturated heterocycles. The summed E-state index contributed by atoms with van der Waals surface area (Å²) >= 11 is 0. The lowest BCUT2D eigenvalue weighted by molar-refractivity contribution is -0.121. The van der Waals surface area contributed by atoms with Crippen LogP contribution < -0.4 is 11.1 Å². The Hall–Kier alpha value is -2.18. The number of rotatable bonds is 3. The van der Waals surface area contributed by atoms with E-state index in [0.717, 1.165) is 11.3 Å². The van der Waals surface area contributed by atoms with Crippen molar-refractivity contribution in [2.75, 3.05) is 18.5 Å². The maximum Gasteiger partial charge on any atom is 0.246 e. The largest absolute Gasteiger partial charge is 0.379 e. The van der Waals surface area contributed by atoms with E-state index in [0.29, 0.717) is 18.7 Å². The number of nitrogens with one attached hydrogen (secondary N) is 2. The molecule has 4 N–H and O–H groups in total. The van der Waals surface area contributed by atoms with Gasteiger partial charge in [-0.1, -0.05) is 12.1 Å². The summed E-state index contributed by atoms with van der Waals surface area (Å²) in [5.41, 5.74) is 7.66. The lowest BCUT2D eigenvalue weighted by atomic mass is 9.99. The third-order valence-corrected chi connectivity index (χ3v) is 3.44. The smallest absolute Gasteiger partial charge is 0.246 e. The number of ether oxygens (including phenoxy) is 1. The van der Waals surface area contributed by atoms with E-state index < -0.39 is 5.54 Å². The van der Waals surface area contributed by atoms with Crippen molar-refractivity contribution in [2.45, 2.75) is 12.0 Å². The third kappa shape index (κ3) is 2.43. The number of carbonyl (C=O) groups is 1. The number of aromatic amines is 1. The van der Waals surface area contributed by atoms with Crippen molar-refractivity contribution in [3.05, 3.63) is 36.5 Å². The standard InChI is InChI=1S/C14H16N4O2/c15-14(5-7-20-9-14)13(19)17-11-3-1-2-10(8-11)12-4-6-16-18-12/h1-4,6,8H,5,7,9,15H2,(H,16,18)(H,17,19). The summed E-state index contributed by atoms with van der Waals surface area (Å²) in [6.45, 7) is 0.789. The highest BCUT2D eigenvalue weighted by molar-refractivity contribution is 5.98. The number of anilines is 1. The zero-order valence-corrected chi connectivity index (χ0v) is 10.9. The second kappa shape index (κ2) is 5.07. The first-order valence-electron chi connectivity index (χ1n) is 6.45. The predicted molar refractivity (Wildman–Crippen MR) is 75.0 cm³/mol. The van der Waals surface area contributed by atoms with Crippen molar-refractivity contribution in [1.29, 1.82) is 0 Å². The first-order chi connectivity index (χ1) is 9.67. The van der Waals surface area contributed by atoms with Crippen LogP contribution in [0.1, 0.15) is 6.42 Å². The minimum absolute atomic E-state index is 0.211. The van der Waals surface area contributed by atoms with Gasteiger partial charge >= 0.3 is 0 Å². The van der Waals surface area contributed by atoms with E-state index in [9.17, 15) is 4.79 Å².